The first-order valence-electron chi connectivity index (χ1n) is 7.35. The second-order valence-corrected chi connectivity index (χ2v) is 5.02. The van der Waals surface area contributed by atoms with E-state index in [4.69, 9.17) is 4.42 Å². The number of hydrazone groups is 1. The lowest BCUT2D eigenvalue weighted by molar-refractivity contribution is -0.120. The van der Waals surface area contributed by atoms with E-state index in [1.54, 1.807) is 12.3 Å². The summed E-state index contributed by atoms with van der Waals surface area (Å²) >= 11 is 0. The first-order valence-corrected chi connectivity index (χ1v) is 7.35. The predicted molar refractivity (Wildman–Crippen MR) is 90.7 cm³/mol. The van der Waals surface area contributed by atoms with Crippen molar-refractivity contribution in [2.24, 2.45) is 5.10 Å². The Balaban J connectivity index is 1.55. The number of rotatable bonds is 5. The number of amides is 2. The first kappa shape index (κ1) is 15.5. The summed E-state index contributed by atoms with van der Waals surface area (Å²) in [6, 6.07) is 16.9. The number of hydrogen-bond donors (Lipinski definition) is 2. The lowest BCUT2D eigenvalue weighted by Gasteiger charge is -2.03. The molecule has 1 aromatic heterocycles. The van der Waals surface area contributed by atoms with E-state index in [1.807, 2.05) is 42.5 Å². The molecule has 120 valence electrons. The van der Waals surface area contributed by atoms with Crippen LogP contribution in [0.5, 0.6) is 0 Å². The molecule has 0 aliphatic carbocycles. The second kappa shape index (κ2) is 7.23. The number of nitrogens with one attached hydrogen (secondary N) is 2. The summed E-state index contributed by atoms with van der Waals surface area (Å²) in [5.41, 5.74) is 3.28. The van der Waals surface area contributed by atoms with Crippen molar-refractivity contribution in [3.05, 3.63) is 72.2 Å². The van der Waals surface area contributed by atoms with Gasteiger partial charge in [0.2, 0.25) is 0 Å². The molecule has 0 aliphatic rings. The van der Waals surface area contributed by atoms with E-state index in [-0.39, 0.29) is 12.3 Å². The van der Waals surface area contributed by atoms with E-state index < -0.39 is 11.8 Å². The minimum Gasteiger partial charge on any atom is -0.459 e. The number of furan rings is 1. The molecule has 6 nitrogen and oxygen atoms in total. The van der Waals surface area contributed by atoms with Gasteiger partial charge in [-0.2, -0.15) is 5.10 Å². The second-order valence-electron chi connectivity index (χ2n) is 5.02. The molecule has 0 radical (unpaired) electrons. The molecule has 0 unspecified atom stereocenters. The summed E-state index contributed by atoms with van der Waals surface area (Å²) in [7, 11) is 0. The minimum atomic E-state index is -0.451. The Bertz CT molecular complexity index is 880. The maximum Gasteiger partial charge on any atom is 0.287 e. The average Bonchev–Trinajstić information content (AvgIpc) is 3.14. The van der Waals surface area contributed by atoms with Crippen LogP contribution >= 0.6 is 0 Å². The van der Waals surface area contributed by atoms with Crippen molar-refractivity contribution in [3.8, 4) is 0 Å². The van der Waals surface area contributed by atoms with Crippen LogP contribution in [0.1, 0.15) is 16.1 Å². The molecule has 0 atom stereocenters. The highest BCUT2D eigenvalue weighted by Crippen LogP contribution is 2.16. The van der Waals surface area contributed by atoms with Crippen molar-refractivity contribution >= 4 is 28.8 Å². The van der Waals surface area contributed by atoms with Crippen LogP contribution in [-0.4, -0.2) is 24.6 Å². The normalized spacial score (nSPS) is 10.8. The van der Waals surface area contributed by atoms with Crippen LogP contribution in [0, 0.1) is 0 Å². The molecular weight excluding hydrogens is 306 g/mol. The summed E-state index contributed by atoms with van der Waals surface area (Å²) in [4.78, 5) is 23.3. The summed E-state index contributed by atoms with van der Waals surface area (Å²) < 4.78 is 4.93. The lowest BCUT2D eigenvalue weighted by Crippen LogP contribution is -2.34. The number of nitrogens with zero attached hydrogens (tertiary/aromatic N) is 1. The monoisotopic (exact) mass is 321 g/mol. The number of carbonyl (C=O) groups excluding carboxylic acids is 2. The van der Waals surface area contributed by atoms with Gasteiger partial charge >= 0.3 is 0 Å². The van der Waals surface area contributed by atoms with E-state index in [9.17, 15) is 9.59 Å². The van der Waals surface area contributed by atoms with Gasteiger partial charge in [-0.25, -0.2) is 5.43 Å². The van der Waals surface area contributed by atoms with Crippen molar-refractivity contribution in [3.63, 3.8) is 0 Å². The molecule has 0 saturated carbocycles. The van der Waals surface area contributed by atoms with Crippen molar-refractivity contribution in [2.75, 3.05) is 6.54 Å². The van der Waals surface area contributed by atoms with Crippen LogP contribution in [-0.2, 0) is 4.79 Å². The molecule has 2 aromatic carbocycles. The van der Waals surface area contributed by atoms with Gasteiger partial charge in [-0.3, -0.25) is 9.59 Å². The van der Waals surface area contributed by atoms with Crippen LogP contribution in [0.2, 0.25) is 0 Å². The minimum absolute atomic E-state index is 0.155. The van der Waals surface area contributed by atoms with Crippen molar-refractivity contribution in [1.29, 1.82) is 0 Å². The quantitative estimate of drug-likeness (QED) is 0.559. The number of benzene rings is 2. The molecule has 0 aliphatic heterocycles. The van der Waals surface area contributed by atoms with Gasteiger partial charge in [0.05, 0.1) is 19.0 Å². The molecule has 24 heavy (non-hydrogen) atoms. The molecule has 3 aromatic rings. The Hall–Kier alpha value is -3.41. The predicted octanol–water partition coefficient (Wildman–Crippen LogP) is 2.31. The number of carbonyl (C=O) groups is 2. The Morgan fingerprint density at radius 1 is 1.04 bits per heavy atom. The average molecular weight is 321 g/mol. The Labute approximate surface area is 138 Å². The van der Waals surface area contributed by atoms with E-state index >= 15 is 0 Å². The zero-order chi connectivity index (χ0) is 16.8. The molecule has 2 amide bonds. The molecule has 0 saturated heterocycles. The van der Waals surface area contributed by atoms with Crippen molar-refractivity contribution < 1.29 is 14.0 Å². The first-order chi connectivity index (χ1) is 11.7. The maximum atomic E-state index is 11.7. The van der Waals surface area contributed by atoms with E-state index in [0.29, 0.717) is 0 Å². The molecule has 3 rings (SSSR count). The summed E-state index contributed by atoms with van der Waals surface area (Å²) in [6.07, 6.45) is 2.97. The van der Waals surface area contributed by atoms with Crippen molar-refractivity contribution in [1.82, 2.24) is 10.7 Å². The van der Waals surface area contributed by atoms with E-state index in [0.717, 1.165) is 16.3 Å². The highest BCUT2D eigenvalue weighted by Gasteiger charge is 2.09. The summed E-state index contributed by atoms with van der Waals surface area (Å²) in [5.74, 6) is -0.721. The number of fused-ring (bicyclic) bond motifs is 1. The van der Waals surface area contributed by atoms with Crippen LogP contribution in [0.15, 0.2) is 70.4 Å². The SMILES string of the molecule is O=C(CNC(=O)c1ccco1)N/N=C\c1cccc2ccccc12. The summed E-state index contributed by atoms with van der Waals surface area (Å²) in [5, 5.41) is 8.52. The fourth-order valence-corrected chi connectivity index (χ4v) is 2.23. The fourth-order valence-electron chi connectivity index (χ4n) is 2.23. The van der Waals surface area contributed by atoms with Gasteiger partial charge in [-0.15, -0.1) is 0 Å². The fraction of sp³-hybridized carbons (Fsp3) is 0.0556. The van der Waals surface area contributed by atoms with Crippen LogP contribution in [0.4, 0.5) is 0 Å². The zero-order valence-electron chi connectivity index (χ0n) is 12.7. The molecule has 6 heteroatoms. The van der Waals surface area contributed by atoms with Crippen LogP contribution < -0.4 is 10.7 Å². The lowest BCUT2D eigenvalue weighted by atomic mass is 10.1. The standard InChI is InChI=1S/C18H15N3O3/c22-17(12-19-18(23)16-9-4-10-24-16)21-20-11-14-7-3-6-13-5-1-2-8-15(13)14/h1-11H,12H2,(H,19,23)(H,21,22)/b20-11-. The largest absolute Gasteiger partial charge is 0.459 e. The number of hydrogen-bond acceptors (Lipinski definition) is 4. The third-order valence-electron chi connectivity index (χ3n) is 3.37. The highest BCUT2D eigenvalue weighted by atomic mass is 16.3. The Morgan fingerprint density at radius 3 is 2.71 bits per heavy atom. The smallest absolute Gasteiger partial charge is 0.287 e. The molecule has 0 fully saturated rings. The maximum absolute atomic E-state index is 11.7. The Morgan fingerprint density at radius 2 is 1.88 bits per heavy atom. The van der Waals surface area contributed by atoms with Gasteiger partial charge in [0.15, 0.2) is 5.76 Å². The van der Waals surface area contributed by atoms with Gasteiger partial charge in [0, 0.05) is 5.56 Å². The van der Waals surface area contributed by atoms with E-state index in [2.05, 4.69) is 15.8 Å². The molecule has 1 heterocycles. The molecule has 2 N–H and O–H groups in total. The van der Waals surface area contributed by atoms with Gasteiger partial charge in [-0.1, -0.05) is 42.5 Å². The third kappa shape index (κ3) is 3.67. The zero-order valence-corrected chi connectivity index (χ0v) is 12.7. The van der Waals surface area contributed by atoms with Crippen molar-refractivity contribution in [2.45, 2.75) is 0 Å². The molecule has 0 spiro atoms. The molecular formula is C18H15N3O3. The molecule has 0 bridgehead atoms. The third-order valence-corrected chi connectivity index (χ3v) is 3.37. The van der Waals surface area contributed by atoms with Gasteiger partial charge in [0.1, 0.15) is 0 Å². The summed E-state index contributed by atoms with van der Waals surface area (Å²) in [6.45, 7) is -0.188. The van der Waals surface area contributed by atoms with Gasteiger partial charge < -0.3 is 9.73 Å². The van der Waals surface area contributed by atoms with Crippen LogP contribution in [0.3, 0.4) is 0 Å². The van der Waals surface area contributed by atoms with Crippen LogP contribution in [0.25, 0.3) is 10.8 Å². The Kier molecular flexibility index (Phi) is 4.67. The van der Waals surface area contributed by atoms with E-state index in [1.165, 1.54) is 12.3 Å². The highest BCUT2D eigenvalue weighted by molar-refractivity contribution is 6.00. The van der Waals surface area contributed by atoms with Gasteiger partial charge in [0.25, 0.3) is 11.8 Å². The topological polar surface area (TPSA) is 83.7 Å². The van der Waals surface area contributed by atoms with Gasteiger partial charge in [-0.05, 0) is 22.9 Å².